The zero-order valence-corrected chi connectivity index (χ0v) is 9.62. The molecule has 2 unspecified atom stereocenters. The maximum Gasteiger partial charge on any atom is 0.315 e. The van der Waals surface area contributed by atoms with E-state index in [2.05, 4.69) is 10.6 Å². The van der Waals surface area contributed by atoms with Crippen molar-refractivity contribution in [2.75, 3.05) is 0 Å². The largest absolute Gasteiger partial charge is 0.393 e. The number of hydrogen-bond donors (Lipinski definition) is 3. The van der Waals surface area contributed by atoms with Crippen LogP contribution >= 0.6 is 0 Å². The summed E-state index contributed by atoms with van der Waals surface area (Å²) in [5, 5.41) is 14.9. The van der Waals surface area contributed by atoms with Crippen LogP contribution in [0.3, 0.4) is 0 Å². The lowest BCUT2D eigenvalue weighted by atomic mass is 10.1. The van der Waals surface area contributed by atoms with Gasteiger partial charge in [-0.2, -0.15) is 0 Å². The maximum absolute atomic E-state index is 11.5. The van der Waals surface area contributed by atoms with Crippen LogP contribution in [0.1, 0.15) is 46.0 Å². The first-order valence-electron chi connectivity index (χ1n) is 5.83. The molecular weight excluding hydrogens is 192 g/mol. The minimum atomic E-state index is -0.369. The highest BCUT2D eigenvalue weighted by atomic mass is 16.3. The van der Waals surface area contributed by atoms with Crippen LogP contribution in [0.15, 0.2) is 0 Å². The van der Waals surface area contributed by atoms with Gasteiger partial charge in [0.1, 0.15) is 0 Å². The standard InChI is InChI=1S/C11H22N2O2/c1-8(7-9(2)14)12-11(15)13-10-5-3-4-6-10/h8-10,14H,3-7H2,1-2H3,(H2,12,13,15). The smallest absolute Gasteiger partial charge is 0.315 e. The molecule has 0 bridgehead atoms. The average Bonchev–Trinajstić information content (AvgIpc) is 2.53. The number of urea groups is 1. The summed E-state index contributed by atoms with van der Waals surface area (Å²) in [7, 11) is 0. The molecule has 0 saturated heterocycles. The molecule has 2 atom stereocenters. The number of carbonyl (C=O) groups is 1. The molecule has 88 valence electrons. The Morgan fingerprint density at radius 3 is 2.53 bits per heavy atom. The number of hydrogen-bond acceptors (Lipinski definition) is 2. The van der Waals surface area contributed by atoms with Crippen LogP contribution in [0.2, 0.25) is 0 Å². The topological polar surface area (TPSA) is 61.4 Å². The first-order valence-corrected chi connectivity index (χ1v) is 5.83. The highest BCUT2D eigenvalue weighted by Gasteiger charge is 2.18. The zero-order valence-electron chi connectivity index (χ0n) is 9.62. The molecule has 3 N–H and O–H groups in total. The third kappa shape index (κ3) is 5.02. The number of rotatable bonds is 4. The van der Waals surface area contributed by atoms with E-state index >= 15 is 0 Å². The fraction of sp³-hybridized carbons (Fsp3) is 0.909. The van der Waals surface area contributed by atoms with E-state index in [-0.39, 0.29) is 18.2 Å². The molecule has 1 saturated carbocycles. The van der Waals surface area contributed by atoms with Crippen LogP contribution in [-0.2, 0) is 0 Å². The third-order valence-corrected chi connectivity index (χ3v) is 2.76. The van der Waals surface area contributed by atoms with E-state index in [1.165, 1.54) is 12.8 Å². The molecule has 0 radical (unpaired) electrons. The molecule has 0 aromatic heterocycles. The minimum Gasteiger partial charge on any atom is -0.393 e. The van der Waals surface area contributed by atoms with Crippen molar-refractivity contribution in [1.29, 1.82) is 0 Å². The Hall–Kier alpha value is -0.770. The highest BCUT2D eigenvalue weighted by molar-refractivity contribution is 5.74. The predicted octanol–water partition coefficient (Wildman–Crippen LogP) is 1.39. The second-order valence-electron chi connectivity index (χ2n) is 4.58. The normalized spacial score (nSPS) is 21.0. The van der Waals surface area contributed by atoms with Crippen LogP contribution < -0.4 is 10.6 Å². The van der Waals surface area contributed by atoms with Gasteiger partial charge in [-0.1, -0.05) is 12.8 Å². The number of aliphatic hydroxyl groups excluding tert-OH is 1. The summed E-state index contributed by atoms with van der Waals surface area (Å²) in [4.78, 5) is 11.5. The van der Waals surface area contributed by atoms with Gasteiger partial charge < -0.3 is 15.7 Å². The molecular formula is C11H22N2O2. The molecule has 2 amide bonds. The van der Waals surface area contributed by atoms with Crippen LogP contribution in [0.4, 0.5) is 4.79 Å². The molecule has 4 nitrogen and oxygen atoms in total. The molecule has 0 aromatic rings. The van der Waals surface area contributed by atoms with Crippen molar-refractivity contribution in [2.24, 2.45) is 0 Å². The summed E-state index contributed by atoms with van der Waals surface area (Å²) in [6.45, 7) is 3.63. The van der Waals surface area contributed by atoms with Crippen molar-refractivity contribution in [3.05, 3.63) is 0 Å². The first kappa shape index (κ1) is 12.3. The highest BCUT2D eigenvalue weighted by Crippen LogP contribution is 2.17. The van der Waals surface area contributed by atoms with Gasteiger partial charge in [-0.25, -0.2) is 4.79 Å². The minimum absolute atomic E-state index is 0.0198. The first-order chi connectivity index (χ1) is 7.08. The Morgan fingerprint density at radius 1 is 1.40 bits per heavy atom. The van der Waals surface area contributed by atoms with Crippen molar-refractivity contribution in [2.45, 2.75) is 64.1 Å². The van der Waals surface area contributed by atoms with Crippen molar-refractivity contribution in [3.63, 3.8) is 0 Å². The SMILES string of the molecule is CC(O)CC(C)NC(=O)NC1CCCC1. The molecule has 4 heteroatoms. The lowest BCUT2D eigenvalue weighted by molar-refractivity contribution is 0.170. The van der Waals surface area contributed by atoms with E-state index in [9.17, 15) is 4.79 Å². The van der Waals surface area contributed by atoms with Gasteiger partial charge in [-0.15, -0.1) is 0 Å². The zero-order chi connectivity index (χ0) is 11.3. The van der Waals surface area contributed by atoms with Gasteiger partial charge >= 0.3 is 6.03 Å². The molecule has 15 heavy (non-hydrogen) atoms. The number of amides is 2. The van der Waals surface area contributed by atoms with Crippen LogP contribution in [0, 0.1) is 0 Å². The molecule has 0 aromatic carbocycles. The Labute approximate surface area is 91.4 Å². The third-order valence-electron chi connectivity index (χ3n) is 2.76. The van der Waals surface area contributed by atoms with Gasteiger partial charge in [-0.05, 0) is 33.1 Å². The van der Waals surface area contributed by atoms with Crippen molar-refractivity contribution in [1.82, 2.24) is 10.6 Å². The monoisotopic (exact) mass is 214 g/mol. The molecule has 0 heterocycles. The summed E-state index contributed by atoms with van der Waals surface area (Å²) in [6.07, 6.45) is 4.85. The molecule has 1 aliphatic carbocycles. The van der Waals surface area contributed by atoms with Crippen LogP contribution in [0.5, 0.6) is 0 Å². The van der Waals surface area contributed by atoms with Crippen LogP contribution in [0.25, 0.3) is 0 Å². The van der Waals surface area contributed by atoms with Crippen molar-refractivity contribution in [3.8, 4) is 0 Å². The summed E-state index contributed by atoms with van der Waals surface area (Å²) in [5.74, 6) is 0. The summed E-state index contributed by atoms with van der Waals surface area (Å²) >= 11 is 0. The van der Waals surface area contributed by atoms with Gasteiger partial charge in [0, 0.05) is 12.1 Å². The lowest BCUT2D eigenvalue weighted by Gasteiger charge is -2.18. The van der Waals surface area contributed by atoms with Gasteiger partial charge in [-0.3, -0.25) is 0 Å². The second-order valence-corrected chi connectivity index (χ2v) is 4.58. The van der Waals surface area contributed by atoms with E-state index in [0.29, 0.717) is 12.5 Å². The molecule has 0 aliphatic heterocycles. The second kappa shape index (κ2) is 5.95. The lowest BCUT2D eigenvalue weighted by Crippen LogP contribution is -2.45. The van der Waals surface area contributed by atoms with E-state index < -0.39 is 0 Å². The van der Waals surface area contributed by atoms with Crippen LogP contribution in [-0.4, -0.2) is 29.3 Å². The number of nitrogens with one attached hydrogen (secondary N) is 2. The molecule has 1 aliphatic rings. The fourth-order valence-corrected chi connectivity index (χ4v) is 2.09. The van der Waals surface area contributed by atoms with Gasteiger partial charge in [0.2, 0.25) is 0 Å². The Kier molecular flexibility index (Phi) is 4.88. The quantitative estimate of drug-likeness (QED) is 0.662. The molecule has 0 spiro atoms. The van der Waals surface area contributed by atoms with E-state index in [4.69, 9.17) is 5.11 Å². The van der Waals surface area contributed by atoms with E-state index in [0.717, 1.165) is 12.8 Å². The molecule has 1 fully saturated rings. The average molecular weight is 214 g/mol. The molecule has 1 rings (SSSR count). The predicted molar refractivity (Wildman–Crippen MR) is 59.7 cm³/mol. The Balaban J connectivity index is 2.16. The summed E-state index contributed by atoms with van der Waals surface area (Å²) in [6, 6.07) is 0.269. The number of aliphatic hydroxyl groups is 1. The van der Waals surface area contributed by atoms with Gasteiger partial charge in [0.25, 0.3) is 0 Å². The maximum atomic E-state index is 11.5. The summed E-state index contributed by atoms with van der Waals surface area (Å²) < 4.78 is 0. The van der Waals surface area contributed by atoms with Crippen molar-refractivity contribution >= 4 is 6.03 Å². The number of carbonyl (C=O) groups excluding carboxylic acids is 1. The Morgan fingerprint density at radius 2 is 2.00 bits per heavy atom. The Bertz CT molecular complexity index is 201. The van der Waals surface area contributed by atoms with Crippen molar-refractivity contribution < 1.29 is 9.90 Å². The fourth-order valence-electron chi connectivity index (χ4n) is 2.09. The van der Waals surface area contributed by atoms with E-state index in [1.807, 2.05) is 6.92 Å². The van der Waals surface area contributed by atoms with Gasteiger partial charge in [0.05, 0.1) is 6.10 Å². The summed E-state index contributed by atoms with van der Waals surface area (Å²) in [5.41, 5.74) is 0. The van der Waals surface area contributed by atoms with E-state index in [1.54, 1.807) is 6.92 Å². The van der Waals surface area contributed by atoms with Gasteiger partial charge in [0.15, 0.2) is 0 Å².